The lowest BCUT2D eigenvalue weighted by molar-refractivity contribution is -0.174. The zero-order valence-electron chi connectivity index (χ0n) is 18.5. The Hall–Kier alpha value is -1.84. The Morgan fingerprint density at radius 3 is 2.10 bits per heavy atom. The fraction of sp³-hybridized carbons (Fsp3) is 0.500. The van der Waals surface area contributed by atoms with E-state index < -0.39 is 0 Å². The summed E-state index contributed by atoms with van der Waals surface area (Å²) in [5, 5.41) is 0. The minimum absolute atomic E-state index is 0. The van der Waals surface area contributed by atoms with Gasteiger partial charge in [-0.25, -0.2) is 0 Å². The van der Waals surface area contributed by atoms with E-state index in [0.29, 0.717) is 5.92 Å². The molecule has 2 atom stereocenters. The van der Waals surface area contributed by atoms with Gasteiger partial charge in [0.1, 0.15) is 11.5 Å². The number of nitrogens with zero attached hydrogens (tertiary/aromatic N) is 1. The number of rotatable bonds is 8. The van der Waals surface area contributed by atoms with Crippen molar-refractivity contribution in [2.45, 2.75) is 57.0 Å². The van der Waals surface area contributed by atoms with E-state index in [1.165, 1.54) is 6.42 Å². The Morgan fingerprint density at radius 1 is 1.03 bits per heavy atom. The summed E-state index contributed by atoms with van der Waals surface area (Å²) >= 11 is 0. The third kappa shape index (κ3) is 5.86. The van der Waals surface area contributed by atoms with Crippen LogP contribution in [-0.2, 0) is 9.53 Å². The third-order valence-corrected chi connectivity index (χ3v) is 6.21. The second kappa shape index (κ2) is 11.5. The van der Waals surface area contributed by atoms with E-state index >= 15 is 0 Å². The summed E-state index contributed by atoms with van der Waals surface area (Å²) in [7, 11) is 4.23. The lowest BCUT2D eigenvalue weighted by Gasteiger charge is -2.45. The van der Waals surface area contributed by atoms with Crippen LogP contribution in [0.2, 0.25) is 0 Å². The molecule has 0 aliphatic heterocycles. The van der Waals surface area contributed by atoms with Crippen molar-refractivity contribution < 1.29 is 9.53 Å². The van der Waals surface area contributed by atoms with Crippen molar-refractivity contribution in [1.29, 1.82) is 0 Å². The average Bonchev–Trinajstić information content (AvgIpc) is 2.71. The van der Waals surface area contributed by atoms with Crippen LogP contribution in [0.15, 0.2) is 60.7 Å². The first kappa shape index (κ1) is 24.4. The normalized spacial score (nSPS) is 21.3. The molecule has 0 amide bonds. The van der Waals surface area contributed by atoms with Crippen molar-refractivity contribution in [3.63, 3.8) is 0 Å². The van der Waals surface area contributed by atoms with Crippen molar-refractivity contribution in [3.05, 3.63) is 71.8 Å². The lowest BCUT2D eigenvalue weighted by Crippen LogP contribution is -2.49. The van der Waals surface area contributed by atoms with Crippen molar-refractivity contribution in [2.24, 2.45) is 5.92 Å². The Labute approximate surface area is 188 Å². The molecule has 1 fully saturated rings. The second-order valence-corrected chi connectivity index (χ2v) is 8.70. The highest BCUT2D eigenvalue weighted by Crippen LogP contribution is 2.42. The maximum atomic E-state index is 13.7. The van der Waals surface area contributed by atoms with Gasteiger partial charge in [-0.05, 0) is 50.9 Å². The second-order valence-electron chi connectivity index (χ2n) is 8.70. The monoisotopic (exact) mass is 429 g/mol. The van der Waals surface area contributed by atoms with Gasteiger partial charge < -0.3 is 9.64 Å². The van der Waals surface area contributed by atoms with Crippen LogP contribution in [-0.4, -0.2) is 37.1 Å². The highest BCUT2D eigenvalue weighted by molar-refractivity contribution is 5.85. The van der Waals surface area contributed by atoms with Gasteiger partial charge in [-0.3, -0.25) is 4.79 Å². The molecule has 2 aromatic carbocycles. The van der Waals surface area contributed by atoms with Crippen LogP contribution in [0.4, 0.5) is 0 Å². The molecule has 0 radical (unpaired) electrons. The fourth-order valence-electron chi connectivity index (χ4n) is 4.93. The number of ether oxygens (including phenoxy) is 1. The minimum atomic E-state index is -0.381. The maximum Gasteiger partial charge on any atom is 0.318 e. The van der Waals surface area contributed by atoms with E-state index in [1.54, 1.807) is 0 Å². The number of hydrogen-bond acceptors (Lipinski definition) is 3. The number of carbonyl (C=O) groups excluding carboxylic acids is 1. The van der Waals surface area contributed by atoms with Crippen LogP contribution in [0.5, 0.6) is 0 Å². The molecule has 4 heteroatoms. The van der Waals surface area contributed by atoms with E-state index in [-0.39, 0.29) is 29.9 Å². The Balaban J connectivity index is 0.00000320. The topological polar surface area (TPSA) is 29.5 Å². The zero-order chi connectivity index (χ0) is 20.7. The van der Waals surface area contributed by atoms with Crippen LogP contribution in [0, 0.1) is 5.92 Å². The summed E-state index contributed by atoms with van der Waals surface area (Å²) in [6, 6.07) is 20.1. The summed E-state index contributed by atoms with van der Waals surface area (Å²) < 4.78 is 6.54. The lowest BCUT2D eigenvalue weighted by atomic mass is 9.72. The molecule has 0 N–H and O–H groups in total. The van der Waals surface area contributed by atoms with Crippen LogP contribution < -0.4 is 0 Å². The zero-order valence-corrected chi connectivity index (χ0v) is 19.4. The SMILES string of the molecule is CCCC1(OC(=O)C(c2ccccc2)c2ccccc2)CCCCC1CN(C)C.Cl. The first-order chi connectivity index (χ1) is 14.1. The number of carbonyl (C=O) groups is 1. The molecule has 2 aromatic rings. The fourth-order valence-corrected chi connectivity index (χ4v) is 4.93. The van der Waals surface area contributed by atoms with Gasteiger partial charge >= 0.3 is 5.97 Å². The standard InChI is InChI=1S/C26H35NO2.ClH/c1-4-18-26(19-12-11-17-23(26)20-27(2)3)29-25(28)24(21-13-7-5-8-14-21)22-15-9-6-10-16-22;/h5-10,13-16,23-24H,4,11-12,17-20H2,1-3H3;1H. The van der Waals surface area contributed by atoms with Crippen molar-refractivity contribution in [3.8, 4) is 0 Å². The van der Waals surface area contributed by atoms with E-state index in [2.05, 4.69) is 25.9 Å². The van der Waals surface area contributed by atoms with E-state index in [1.807, 2.05) is 60.7 Å². The molecule has 0 heterocycles. The molecule has 164 valence electrons. The van der Waals surface area contributed by atoms with E-state index in [9.17, 15) is 4.79 Å². The summed E-state index contributed by atoms with van der Waals surface area (Å²) in [6.07, 6.45) is 6.43. The Morgan fingerprint density at radius 2 is 1.60 bits per heavy atom. The molecule has 0 spiro atoms. The van der Waals surface area contributed by atoms with Gasteiger partial charge in [-0.1, -0.05) is 80.4 Å². The summed E-state index contributed by atoms with van der Waals surface area (Å²) in [4.78, 5) is 15.9. The molecule has 0 saturated heterocycles. The predicted molar refractivity (Wildman–Crippen MR) is 126 cm³/mol. The number of hydrogen-bond donors (Lipinski definition) is 0. The number of esters is 1. The van der Waals surface area contributed by atoms with Gasteiger partial charge in [0.05, 0.1) is 0 Å². The van der Waals surface area contributed by atoms with E-state index in [4.69, 9.17) is 4.74 Å². The molecule has 30 heavy (non-hydrogen) atoms. The van der Waals surface area contributed by atoms with Crippen molar-refractivity contribution in [2.75, 3.05) is 20.6 Å². The highest BCUT2D eigenvalue weighted by atomic mass is 35.5. The Bertz CT molecular complexity index is 722. The van der Waals surface area contributed by atoms with Crippen LogP contribution in [0.3, 0.4) is 0 Å². The molecule has 1 aliphatic carbocycles. The largest absolute Gasteiger partial charge is 0.458 e. The van der Waals surface area contributed by atoms with Crippen LogP contribution in [0.25, 0.3) is 0 Å². The van der Waals surface area contributed by atoms with E-state index in [0.717, 1.165) is 49.8 Å². The minimum Gasteiger partial charge on any atom is -0.458 e. The van der Waals surface area contributed by atoms with Gasteiger partial charge in [0, 0.05) is 12.5 Å². The number of halogens is 1. The molecular formula is C26H36ClNO2. The Kier molecular flexibility index (Phi) is 9.38. The molecule has 3 rings (SSSR count). The summed E-state index contributed by atoms with van der Waals surface area (Å²) in [5.74, 6) is -0.100. The van der Waals surface area contributed by atoms with Crippen molar-refractivity contribution in [1.82, 2.24) is 4.90 Å². The number of benzene rings is 2. The van der Waals surface area contributed by atoms with Gasteiger partial charge in [0.2, 0.25) is 0 Å². The molecule has 1 aliphatic rings. The summed E-state index contributed by atoms with van der Waals surface area (Å²) in [6.45, 7) is 3.16. The first-order valence-corrected chi connectivity index (χ1v) is 11.0. The molecular weight excluding hydrogens is 394 g/mol. The van der Waals surface area contributed by atoms with Crippen molar-refractivity contribution >= 4 is 18.4 Å². The van der Waals surface area contributed by atoms with Crippen LogP contribution in [0.1, 0.15) is 62.5 Å². The molecule has 1 saturated carbocycles. The average molecular weight is 430 g/mol. The first-order valence-electron chi connectivity index (χ1n) is 11.0. The quantitative estimate of drug-likeness (QED) is 0.476. The molecule has 0 bridgehead atoms. The van der Waals surface area contributed by atoms with Gasteiger partial charge in [-0.2, -0.15) is 0 Å². The maximum absolute atomic E-state index is 13.7. The molecule has 3 nitrogen and oxygen atoms in total. The smallest absolute Gasteiger partial charge is 0.318 e. The molecule has 0 aromatic heterocycles. The van der Waals surface area contributed by atoms with Gasteiger partial charge in [0.25, 0.3) is 0 Å². The summed E-state index contributed by atoms with van der Waals surface area (Å²) in [5.41, 5.74) is 1.64. The highest BCUT2D eigenvalue weighted by Gasteiger charge is 2.44. The van der Waals surface area contributed by atoms with Crippen LogP contribution >= 0.6 is 12.4 Å². The van der Waals surface area contributed by atoms with Gasteiger partial charge in [0.15, 0.2) is 0 Å². The molecule has 2 unspecified atom stereocenters. The van der Waals surface area contributed by atoms with Gasteiger partial charge in [-0.15, -0.1) is 12.4 Å². The third-order valence-electron chi connectivity index (χ3n) is 6.21. The predicted octanol–water partition coefficient (Wildman–Crippen LogP) is 6.07.